The standard InChI is InChI=1S/C17H13N3O2S2/c1-19-12-8-11(9-13-16(21)20(2)17(23)24-13)22-15(12)18-14(19)10-6-4-3-5-7-10/h3-9H,1-2H3/b13-9+. The number of imidazole rings is 1. The lowest BCUT2D eigenvalue weighted by atomic mass is 10.2. The maximum Gasteiger partial charge on any atom is 0.266 e. The first-order valence-corrected chi connectivity index (χ1v) is 8.50. The van der Waals surface area contributed by atoms with E-state index in [0.717, 1.165) is 16.9 Å². The molecule has 3 aromatic rings. The van der Waals surface area contributed by atoms with E-state index in [1.165, 1.54) is 16.7 Å². The van der Waals surface area contributed by atoms with Crippen LogP contribution < -0.4 is 0 Å². The number of thiocarbonyl (C=S) groups is 1. The first-order valence-electron chi connectivity index (χ1n) is 7.28. The molecule has 5 nitrogen and oxygen atoms in total. The molecule has 0 aliphatic carbocycles. The van der Waals surface area contributed by atoms with Gasteiger partial charge in [-0.2, -0.15) is 4.98 Å². The molecule has 0 N–H and O–H groups in total. The molecule has 1 fully saturated rings. The van der Waals surface area contributed by atoms with Crippen LogP contribution in [0.5, 0.6) is 0 Å². The lowest BCUT2D eigenvalue weighted by Crippen LogP contribution is -2.22. The van der Waals surface area contributed by atoms with Crippen LogP contribution in [0.1, 0.15) is 5.76 Å². The number of fused-ring (bicyclic) bond motifs is 1. The molecule has 0 atom stereocenters. The number of aryl methyl sites for hydroxylation is 1. The molecule has 0 unspecified atom stereocenters. The highest BCUT2D eigenvalue weighted by atomic mass is 32.2. The highest BCUT2D eigenvalue weighted by Crippen LogP contribution is 2.33. The summed E-state index contributed by atoms with van der Waals surface area (Å²) in [4.78, 5) is 18.7. The molecule has 0 radical (unpaired) electrons. The maximum atomic E-state index is 12.1. The Hall–Kier alpha value is -2.38. The number of carbonyl (C=O) groups excluding carboxylic acids is 1. The summed E-state index contributed by atoms with van der Waals surface area (Å²) in [5, 5.41) is 0. The van der Waals surface area contributed by atoms with Crippen molar-refractivity contribution in [2.45, 2.75) is 0 Å². The fourth-order valence-electron chi connectivity index (χ4n) is 2.59. The van der Waals surface area contributed by atoms with E-state index in [-0.39, 0.29) is 5.91 Å². The van der Waals surface area contributed by atoms with E-state index in [0.29, 0.717) is 20.7 Å². The highest BCUT2D eigenvalue weighted by molar-refractivity contribution is 8.26. The second kappa shape index (κ2) is 5.61. The Bertz CT molecular complexity index is 1000. The van der Waals surface area contributed by atoms with Gasteiger partial charge in [0, 0.05) is 31.8 Å². The Morgan fingerprint density at radius 1 is 1.25 bits per heavy atom. The molecule has 3 heterocycles. The van der Waals surface area contributed by atoms with Crippen molar-refractivity contribution in [3.63, 3.8) is 0 Å². The van der Waals surface area contributed by atoms with Gasteiger partial charge in [-0.05, 0) is 0 Å². The van der Waals surface area contributed by atoms with Gasteiger partial charge >= 0.3 is 0 Å². The van der Waals surface area contributed by atoms with Gasteiger partial charge in [0.05, 0.1) is 4.91 Å². The van der Waals surface area contributed by atoms with E-state index in [1.807, 2.05) is 48.0 Å². The fourth-order valence-corrected chi connectivity index (χ4v) is 3.75. The van der Waals surface area contributed by atoms with Crippen LogP contribution in [0.25, 0.3) is 28.7 Å². The molecule has 2 aromatic heterocycles. The van der Waals surface area contributed by atoms with Crippen LogP contribution in [-0.4, -0.2) is 31.7 Å². The normalized spacial score (nSPS) is 16.8. The van der Waals surface area contributed by atoms with E-state index in [9.17, 15) is 4.79 Å². The maximum absolute atomic E-state index is 12.1. The van der Waals surface area contributed by atoms with Gasteiger partial charge < -0.3 is 8.98 Å². The first kappa shape index (κ1) is 15.2. The lowest BCUT2D eigenvalue weighted by Gasteiger charge is -2.03. The minimum atomic E-state index is -0.108. The van der Waals surface area contributed by atoms with Gasteiger partial charge in [-0.25, -0.2) is 0 Å². The zero-order valence-electron chi connectivity index (χ0n) is 13.0. The van der Waals surface area contributed by atoms with Crippen molar-refractivity contribution in [3.8, 4) is 11.4 Å². The molecule has 0 saturated carbocycles. The third-order valence-corrected chi connectivity index (χ3v) is 5.38. The zero-order valence-corrected chi connectivity index (χ0v) is 14.6. The molecule has 1 aliphatic heterocycles. The van der Waals surface area contributed by atoms with E-state index >= 15 is 0 Å². The second-order valence-electron chi connectivity index (χ2n) is 5.44. The van der Waals surface area contributed by atoms with Crippen molar-refractivity contribution < 1.29 is 9.21 Å². The van der Waals surface area contributed by atoms with Crippen LogP contribution in [0, 0.1) is 0 Å². The minimum Gasteiger partial charge on any atom is -0.437 e. The van der Waals surface area contributed by atoms with Gasteiger partial charge in [-0.3, -0.25) is 9.69 Å². The van der Waals surface area contributed by atoms with Crippen LogP contribution >= 0.6 is 24.0 Å². The monoisotopic (exact) mass is 355 g/mol. The van der Waals surface area contributed by atoms with E-state index < -0.39 is 0 Å². The third kappa shape index (κ3) is 2.37. The Morgan fingerprint density at radius 2 is 2.00 bits per heavy atom. The summed E-state index contributed by atoms with van der Waals surface area (Å²) in [6.45, 7) is 0. The van der Waals surface area contributed by atoms with E-state index in [1.54, 1.807) is 13.1 Å². The number of rotatable bonds is 2. The largest absolute Gasteiger partial charge is 0.437 e. The van der Waals surface area contributed by atoms with Gasteiger partial charge in [0.1, 0.15) is 21.4 Å². The molecule has 1 aliphatic rings. The van der Waals surface area contributed by atoms with Crippen LogP contribution in [-0.2, 0) is 11.8 Å². The Balaban J connectivity index is 1.74. The molecule has 4 rings (SSSR count). The van der Waals surface area contributed by atoms with Crippen molar-refractivity contribution in [2.75, 3.05) is 7.05 Å². The summed E-state index contributed by atoms with van der Waals surface area (Å²) in [6, 6.07) is 11.8. The molecule has 1 amide bonds. The summed E-state index contributed by atoms with van der Waals surface area (Å²) in [7, 11) is 3.62. The van der Waals surface area contributed by atoms with E-state index in [2.05, 4.69) is 4.98 Å². The Kier molecular flexibility index (Phi) is 3.54. The average Bonchev–Trinajstić information content (AvgIpc) is 3.19. The molecule has 7 heteroatoms. The predicted molar refractivity (Wildman–Crippen MR) is 99.4 cm³/mol. The van der Waals surface area contributed by atoms with Crippen molar-refractivity contribution in [1.29, 1.82) is 0 Å². The van der Waals surface area contributed by atoms with E-state index in [4.69, 9.17) is 16.6 Å². The molecule has 24 heavy (non-hydrogen) atoms. The second-order valence-corrected chi connectivity index (χ2v) is 7.12. The number of thioether (sulfide) groups is 1. The SMILES string of the molecule is CN1C(=O)/C(=C\c2cc3c(nc(-c4ccccc4)n3C)o2)SC1=S. The molecule has 0 spiro atoms. The van der Waals surface area contributed by atoms with Crippen LogP contribution in [0.2, 0.25) is 0 Å². The number of likely N-dealkylation sites (N-methyl/N-ethyl adjacent to an activating group) is 1. The Labute approximate surface area is 148 Å². The summed E-state index contributed by atoms with van der Waals surface area (Å²) >= 11 is 6.41. The smallest absolute Gasteiger partial charge is 0.266 e. The summed E-state index contributed by atoms with van der Waals surface area (Å²) in [5.41, 5.74) is 2.46. The van der Waals surface area contributed by atoms with Gasteiger partial charge in [0.2, 0.25) is 5.71 Å². The molecule has 120 valence electrons. The van der Waals surface area contributed by atoms with Crippen LogP contribution in [0.4, 0.5) is 0 Å². The average molecular weight is 355 g/mol. The van der Waals surface area contributed by atoms with Crippen molar-refractivity contribution in [2.24, 2.45) is 7.05 Å². The van der Waals surface area contributed by atoms with Crippen molar-refractivity contribution >= 4 is 51.5 Å². The molecule has 1 aromatic carbocycles. The minimum absolute atomic E-state index is 0.108. The quantitative estimate of drug-likeness (QED) is 0.519. The first-order chi connectivity index (χ1) is 11.5. The topological polar surface area (TPSA) is 51.3 Å². The van der Waals surface area contributed by atoms with Crippen LogP contribution in [0.3, 0.4) is 0 Å². The number of carbonyl (C=O) groups is 1. The third-order valence-electron chi connectivity index (χ3n) is 3.89. The summed E-state index contributed by atoms with van der Waals surface area (Å²) in [6.07, 6.45) is 1.71. The van der Waals surface area contributed by atoms with Crippen LogP contribution in [0.15, 0.2) is 45.7 Å². The van der Waals surface area contributed by atoms with Gasteiger partial charge in [-0.1, -0.05) is 54.3 Å². The zero-order chi connectivity index (χ0) is 16.8. The summed E-state index contributed by atoms with van der Waals surface area (Å²) in [5.74, 6) is 1.33. The van der Waals surface area contributed by atoms with Gasteiger partial charge in [0.25, 0.3) is 5.91 Å². The molecule has 1 saturated heterocycles. The lowest BCUT2D eigenvalue weighted by molar-refractivity contribution is -0.121. The van der Waals surface area contributed by atoms with Crippen molar-refractivity contribution in [3.05, 3.63) is 47.1 Å². The van der Waals surface area contributed by atoms with Gasteiger partial charge in [-0.15, -0.1) is 0 Å². The number of amides is 1. The number of hydrogen-bond donors (Lipinski definition) is 0. The number of benzene rings is 1. The molecule has 0 bridgehead atoms. The molecular formula is C17H13N3O2S2. The number of furan rings is 1. The Morgan fingerprint density at radius 3 is 2.62 bits per heavy atom. The predicted octanol–water partition coefficient (Wildman–Crippen LogP) is 3.66. The molecular weight excluding hydrogens is 342 g/mol. The van der Waals surface area contributed by atoms with Crippen molar-refractivity contribution in [1.82, 2.24) is 14.5 Å². The highest BCUT2D eigenvalue weighted by Gasteiger charge is 2.29. The number of aromatic nitrogens is 2. The number of hydrogen-bond acceptors (Lipinski definition) is 5. The fraction of sp³-hybridized carbons (Fsp3) is 0.118. The summed E-state index contributed by atoms with van der Waals surface area (Å²) < 4.78 is 8.33. The number of nitrogens with zero attached hydrogens (tertiary/aromatic N) is 3. The van der Waals surface area contributed by atoms with Gasteiger partial charge in [0.15, 0.2) is 0 Å².